The first-order chi connectivity index (χ1) is 7.72. The first-order valence-corrected chi connectivity index (χ1v) is 5.79. The molecule has 7 heteroatoms. The minimum Gasteiger partial charge on any atom is -0.374 e. The van der Waals surface area contributed by atoms with Gasteiger partial charge in [-0.05, 0) is 12.1 Å². The van der Waals surface area contributed by atoms with Crippen molar-refractivity contribution in [1.29, 1.82) is 0 Å². The lowest BCUT2D eigenvalue weighted by Crippen LogP contribution is -1.85. The molecule has 0 atom stereocenters. The highest BCUT2D eigenvalue weighted by Crippen LogP contribution is 2.23. The average Bonchev–Trinajstić information content (AvgIpc) is 2.75. The number of hydrogen-bond acceptors (Lipinski definition) is 4. The third kappa shape index (κ3) is 2.29. The van der Waals surface area contributed by atoms with Gasteiger partial charge in [0.25, 0.3) is 0 Å². The van der Waals surface area contributed by atoms with Crippen molar-refractivity contribution in [3.63, 3.8) is 0 Å². The Morgan fingerprint density at radius 3 is 2.59 bits per heavy atom. The fourth-order valence-electron chi connectivity index (χ4n) is 1.48. The minimum atomic E-state index is 0. The van der Waals surface area contributed by atoms with Crippen molar-refractivity contribution in [1.82, 2.24) is 14.6 Å². The highest BCUT2D eigenvalue weighted by molar-refractivity contribution is 8.93. The summed E-state index contributed by atoms with van der Waals surface area (Å²) < 4.78 is 1.68. The van der Waals surface area contributed by atoms with E-state index < -0.39 is 0 Å². The van der Waals surface area contributed by atoms with Crippen molar-refractivity contribution >= 4 is 50.0 Å². The quantitative estimate of drug-likeness (QED) is 0.744. The number of nitrogen functional groups attached to an aromatic ring is 1. The van der Waals surface area contributed by atoms with Crippen molar-refractivity contribution in [2.24, 2.45) is 0 Å². The monoisotopic (exact) mass is 330 g/mol. The van der Waals surface area contributed by atoms with Gasteiger partial charge in [-0.1, -0.05) is 35.1 Å². The number of halogens is 2. The number of anilines is 1. The molecular weight excluding hydrogens is 324 g/mol. The summed E-state index contributed by atoms with van der Waals surface area (Å²) in [5.41, 5.74) is 7.46. The summed E-state index contributed by atoms with van der Waals surface area (Å²) in [6.45, 7) is 0. The summed E-state index contributed by atoms with van der Waals surface area (Å²) in [6.07, 6.45) is 1.85. The standard InChI is InChI=1S/C10H7ClN4S.BrH/c11-7-3-1-6(2-4-7)8-5-15-10(13-8)16-9(12)14-15;/h1-5H,(H2,12,14);1H. The zero-order chi connectivity index (χ0) is 11.1. The van der Waals surface area contributed by atoms with Crippen LogP contribution in [0.3, 0.4) is 0 Å². The number of hydrogen-bond donors (Lipinski definition) is 1. The molecule has 0 bridgehead atoms. The lowest BCUT2D eigenvalue weighted by Gasteiger charge is -1.95. The molecule has 88 valence electrons. The van der Waals surface area contributed by atoms with Crippen molar-refractivity contribution in [3.05, 3.63) is 35.5 Å². The first-order valence-electron chi connectivity index (χ1n) is 4.60. The van der Waals surface area contributed by atoms with Gasteiger partial charge < -0.3 is 5.73 Å². The fourth-order valence-corrected chi connectivity index (χ4v) is 2.25. The van der Waals surface area contributed by atoms with Gasteiger partial charge in [0.05, 0.1) is 11.9 Å². The van der Waals surface area contributed by atoms with E-state index in [0.717, 1.165) is 16.2 Å². The number of nitrogens with zero attached hydrogens (tertiary/aromatic N) is 3. The van der Waals surface area contributed by atoms with E-state index in [1.54, 1.807) is 4.52 Å². The second-order valence-corrected chi connectivity index (χ2v) is 4.72. The first kappa shape index (κ1) is 12.3. The van der Waals surface area contributed by atoms with E-state index in [1.165, 1.54) is 11.3 Å². The maximum atomic E-state index is 5.83. The van der Waals surface area contributed by atoms with E-state index in [1.807, 2.05) is 30.5 Å². The SMILES string of the molecule is Br.Nc1nn2cc(-c3ccc(Cl)cc3)nc2s1. The van der Waals surface area contributed by atoms with Crippen LogP contribution in [0.15, 0.2) is 30.5 Å². The largest absolute Gasteiger partial charge is 0.374 e. The van der Waals surface area contributed by atoms with Gasteiger partial charge in [0.15, 0.2) is 0 Å². The molecule has 0 unspecified atom stereocenters. The number of fused-ring (bicyclic) bond motifs is 1. The normalized spacial score (nSPS) is 10.4. The molecule has 0 amide bonds. The Morgan fingerprint density at radius 2 is 1.94 bits per heavy atom. The van der Waals surface area contributed by atoms with Crippen molar-refractivity contribution < 1.29 is 0 Å². The van der Waals surface area contributed by atoms with Gasteiger partial charge in [-0.25, -0.2) is 9.50 Å². The molecule has 2 N–H and O–H groups in total. The van der Waals surface area contributed by atoms with Crippen LogP contribution in [0, 0.1) is 0 Å². The number of benzene rings is 1. The molecule has 1 aromatic carbocycles. The van der Waals surface area contributed by atoms with Crippen LogP contribution in [-0.4, -0.2) is 14.6 Å². The summed E-state index contributed by atoms with van der Waals surface area (Å²) in [4.78, 5) is 5.22. The van der Waals surface area contributed by atoms with E-state index in [0.29, 0.717) is 10.2 Å². The smallest absolute Gasteiger partial charge is 0.214 e. The van der Waals surface area contributed by atoms with Crippen LogP contribution in [0.1, 0.15) is 0 Å². The molecule has 0 radical (unpaired) electrons. The summed E-state index contributed by atoms with van der Waals surface area (Å²) in [5, 5.41) is 5.33. The van der Waals surface area contributed by atoms with Crippen molar-refractivity contribution in [2.45, 2.75) is 0 Å². The summed E-state index contributed by atoms with van der Waals surface area (Å²) in [7, 11) is 0. The lowest BCUT2D eigenvalue weighted by atomic mass is 10.2. The Morgan fingerprint density at radius 1 is 1.24 bits per heavy atom. The Hall–Kier alpha value is -1.11. The van der Waals surface area contributed by atoms with E-state index in [-0.39, 0.29) is 17.0 Å². The molecule has 2 heterocycles. The molecule has 3 aromatic rings. The zero-order valence-corrected chi connectivity index (χ0v) is 11.8. The van der Waals surface area contributed by atoms with Gasteiger partial charge in [-0.2, -0.15) is 0 Å². The fraction of sp³-hybridized carbons (Fsp3) is 0. The van der Waals surface area contributed by atoms with E-state index >= 15 is 0 Å². The molecule has 0 aliphatic heterocycles. The number of nitrogens with two attached hydrogens (primary N) is 1. The Balaban J connectivity index is 0.00000108. The molecule has 0 aliphatic rings. The second kappa shape index (κ2) is 4.64. The summed E-state index contributed by atoms with van der Waals surface area (Å²) in [6, 6.07) is 7.54. The van der Waals surface area contributed by atoms with Crippen LogP contribution in [0.4, 0.5) is 5.13 Å². The van der Waals surface area contributed by atoms with Crippen LogP contribution < -0.4 is 5.73 Å². The average molecular weight is 332 g/mol. The van der Waals surface area contributed by atoms with E-state index in [2.05, 4.69) is 10.1 Å². The number of imidazole rings is 1. The molecule has 0 fully saturated rings. The molecule has 3 rings (SSSR count). The summed E-state index contributed by atoms with van der Waals surface area (Å²) in [5.74, 6) is 0. The van der Waals surface area contributed by atoms with Gasteiger partial charge in [-0.15, -0.1) is 22.1 Å². The van der Waals surface area contributed by atoms with Crippen LogP contribution in [0.5, 0.6) is 0 Å². The Kier molecular flexibility index (Phi) is 3.37. The van der Waals surface area contributed by atoms with Crippen LogP contribution in [0.25, 0.3) is 16.2 Å². The maximum Gasteiger partial charge on any atom is 0.214 e. The van der Waals surface area contributed by atoms with Crippen LogP contribution in [0.2, 0.25) is 5.02 Å². The molecule has 0 saturated heterocycles. The van der Waals surface area contributed by atoms with Gasteiger partial charge in [0.2, 0.25) is 10.1 Å². The van der Waals surface area contributed by atoms with Crippen LogP contribution in [-0.2, 0) is 0 Å². The Bertz CT molecular complexity index is 614. The number of aromatic nitrogens is 3. The highest BCUT2D eigenvalue weighted by atomic mass is 79.9. The van der Waals surface area contributed by atoms with Gasteiger partial charge >= 0.3 is 0 Å². The molecule has 2 aromatic heterocycles. The van der Waals surface area contributed by atoms with Gasteiger partial charge in [0, 0.05) is 10.6 Å². The molecule has 0 saturated carbocycles. The van der Waals surface area contributed by atoms with Gasteiger partial charge in [0.1, 0.15) is 0 Å². The minimum absolute atomic E-state index is 0. The van der Waals surface area contributed by atoms with Crippen LogP contribution >= 0.6 is 39.9 Å². The third-order valence-electron chi connectivity index (χ3n) is 2.20. The predicted octanol–water partition coefficient (Wildman–Crippen LogP) is 3.27. The molecule has 0 aliphatic carbocycles. The topological polar surface area (TPSA) is 56.2 Å². The number of rotatable bonds is 1. The third-order valence-corrected chi connectivity index (χ3v) is 3.20. The van der Waals surface area contributed by atoms with Crippen molar-refractivity contribution in [3.8, 4) is 11.3 Å². The predicted molar refractivity (Wildman–Crippen MR) is 76.0 cm³/mol. The summed E-state index contributed by atoms with van der Waals surface area (Å²) >= 11 is 7.19. The van der Waals surface area contributed by atoms with E-state index in [9.17, 15) is 0 Å². The maximum absolute atomic E-state index is 5.83. The highest BCUT2D eigenvalue weighted by Gasteiger charge is 2.07. The molecule has 0 spiro atoms. The zero-order valence-electron chi connectivity index (χ0n) is 8.50. The van der Waals surface area contributed by atoms with Gasteiger partial charge in [-0.3, -0.25) is 0 Å². The molecular formula is C10H8BrClN4S. The lowest BCUT2D eigenvalue weighted by molar-refractivity contribution is 0.981. The molecule has 4 nitrogen and oxygen atoms in total. The van der Waals surface area contributed by atoms with E-state index in [4.69, 9.17) is 17.3 Å². The second-order valence-electron chi connectivity index (χ2n) is 3.30. The Labute approximate surface area is 117 Å². The van der Waals surface area contributed by atoms with Crippen molar-refractivity contribution in [2.75, 3.05) is 5.73 Å². The molecule has 17 heavy (non-hydrogen) atoms.